The van der Waals surface area contributed by atoms with E-state index in [-0.39, 0.29) is 59.9 Å². The Hall–Kier alpha value is -2.78. The van der Waals surface area contributed by atoms with Crippen LogP contribution in [0, 0.1) is 23.7 Å². The second-order valence-electron chi connectivity index (χ2n) is 10.4. The van der Waals surface area contributed by atoms with E-state index in [1.807, 2.05) is 27.7 Å². The van der Waals surface area contributed by atoms with E-state index in [9.17, 15) is 28.8 Å². The van der Waals surface area contributed by atoms with Crippen molar-refractivity contribution in [1.82, 2.24) is 15.5 Å². The van der Waals surface area contributed by atoms with Crippen LogP contribution < -0.4 is 16.4 Å². The highest BCUT2D eigenvalue weighted by molar-refractivity contribution is 6.03. The topological polar surface area (TPSA) is 156 Å². The number of hydrogen-bond acceptors (Lipinski definition) is 6. The van der Waals surface area contributed by atoms with Crippen LogP contribution >= 0.6 is 0 Å². The Morgan fingerprint density at radius 2 is 1.69 bits per heavy atom. The second-order valence-corrected chi connectivity index (χ2v) is 10.4. The quantitative estimate of drug-likeness (QED) is 0.202. The lowest BCUT2D eigenvalue weighted by atomic mass is 9.88. The minimum atomic E-state index is -0.685. The fraction of sp³-hybridized carbons (Fsp3) is 0.769. The standard InChI is InChI=1S/C26H44N4O6/c1-16(2)20(24(34)29-22(18(5)31)11-9-12-28-26(27)36)14-19(32)10-7-6-8-13-30-23(33)15-21(17(3)4)25(30)35/h16-17,20-22H,6-15H2,1-5H3,(H,29,34)(H3,27,28,36)/t20-,21?,22-/m0/s1. The number of hydrogen-bond donors (Lipinski definition) is 3. The number of likely N-dealkylation sites (tertiary alicyclic amines) is 1. The van der Waals surface area contributed by atoms with E-state index in [1.54, 1.807) is 0 Å². The highest BCUT2D eigenvalue weighted by Gasteiger charge is 2.39. The first-order chi connectivity index (χ1) is 16.8. The summed E-state index contributed by atoms with van der Waals surface area (Å²) in [5.41, 5.74) is 5.03. The van der Waals surface area contributed by atoms with Gasteiger partial charge in [0.1, 0.15) is 5.78 Å². The molecule has 10 nitrogen and oxygen atoms in total. The first kappa shape index (κ1) is 31.3. The average Bonchev–Trinajstić information content (AvgIpc) is 3.07. The smallest absolute Gasteiger partial charge is 0.312 e. The molecule has 36 heavy (non-hydrogen) atoms. The summed E-state index contributed by atoms with van der Waals surface area (Å²) in [7, 11) is 0. The Kier molecular flexibility index (Phi) is 13.3. The Labute approximate surface area is 214 Å². The lowest BCUT2D eigenvalue weighted by molar-refractivity contribution is -0.139. The number of imide groups is 1. The lowest BCUT2D eigenvalue weighted by Gasteiger charge is -2.23. The van der Waals surface area contributed by atoms with Crippen LogP contribution in [0.4, 0.5) is 4.79 Å². The molecule has 1 fully saturated rings. The Morgan fingerprint density at radius 3 is 2.22 bits per heavy atom. The summed E-state index contributed by atoms with van der Waals surface area (Å²) in [6.45, 7) is 9.71. The van der Waals surface area contributed by atoms with Crippen molar-refractivity contribution in [2.24, 2.45) is 29.4 Å². The fourth-order valence-corrected chi connectivity index (χ4v) is 4.39. The molecule has 0 saturated carbocycles. The van der Waals surface area contributed by atoms with E-state index in [0.29, 0.717) is 51.6 Å². The number of nitrogens with one attached hydrogen (secondary N) is 2. The van der Waals surface area contributed by atoms with Crippen LogP contribution in [0.25, 0.3) is 0 Å². The first-order valence-corrected chi connectivity index (χ1v) is 13.0. The van der Waals surface area contributed by atoms with E-state index >= 15 is 0 Å². The molecule has 0 spiro atoms. The molecule has 0 radical (unpaired) electrons. The maximum absolute atomic E-state index is 12.9. The van der Waals surface area contributed by atoms with Gasteiger partial charge in [0.25, 0.3) is 0 Å². The van der Waals surface area contributed by atoms with Crippen molar-refractivity contribution < 1.29 is 28.8 Å². The maximum atomic E-state index is 12.9. The minimum absolute atomic E-state index is 0.0259. The maximum Gasteiger partial charge on any atom is 0.312 e. The van der Waals surface area contributed by atoms with Gasteiger partial charge in [0, 0.05) is 44.2 Å². The highest BCUT2D eigenvalue weighted by Crippen LogP contribution is 2.26. The van der Waals surface area contributed by atoms with Gasteiger partial charge in [-0.05, 0) is 44.4 Å². The van der Waals surface area contributed by atoms with Gasteiger partial charge in [0.15, 0.2) is 5.78 Å². The first-order valence-electron chi connectivity index (χ1n) is 13.0. The van der Waals surface area contributed by atoms with E-state index in [2.05, 4.69) is 10.6 Å². The average molecular weight is 509 g/mol. The molecule has 0 aromatic carbocycles. The van der Waals surface area contributed by atoms with Gasteiger partial charge in [-0.3, -0.25) is 28.9 Å². The molecule has 5 amide bonds. The Bertz CT molecular complexity index is 810. The molecule has 1 rings (SSSR count). The summed E-state index contributed by atoms with van der Waals surface area (Å²) in [6.07, 6.45) is 3.51. The van der Waals surface area contributed by atoms with Gasteiger partial charge >= 0.3 is 6.03 Å². The van der Waals surface area contributed by atoms with Crippen molar-refractivity contribution in [2.75, 3.05) is 13.1 Å². The highest BCUT2D eigenvalue weighted by atomic mass is 16.2. The molecule has 1 aliphatic rings. The van der Waals surface area contributed by atoms with Gasteiger partial charge < -0.3 is 16.4 Å². The van der Waals surface area contributed by atoms with Crippen molar-refractivity contribution in [3.8, 4) is 0 Å². The zero-order chi connectivity index (χ0) is 27.4. The van der Waals surface area contributed by atoms with Crippen LogP contribution in [-0.2, 0) is 24.0 Å². The molecule has 0 aromatic rings. The summed E-state index contributed by atoms with van der Waals surface area (Å²) in [4.78, 5) is 74.0. The van der Waals surface area contributed by atoms with Crippen LogP contribution in [0.1, 0.15) is 86.0 Å². The number of nitrogens with zero attached hydrogens (tertiary/aromatic N) is 1. The van der Waals surface area contributed by atoms with E-state index in [0.717, 1.165) is 0 Å². The van der Waals surface area contributed by atoms with Crippen LogP contribution in [0.2, 0.25) is 0 Å². The predicted octanol–water partition coefficient (Wildman–Crippen LogP) is 2.33. The summed E-state index contributed by atoms with van der Waals surface area (Å²) < 4.78 is 0. The molecule has 0 bridgehead atoms. The number of Topliss-reactive ketones (excluding diaryl/α,β-unsaturated/α-hetero) is 2. The number of amides is 5. The number of ketones is 2. The van der Waals surface area contributed by atoms with Gasteiger partial charge in [0.05, 0.1) is 6.04 Å². The number of unbranched alkanes of at least 4 members (excludes halogenated alkanes) is 2. The number of primary amides is 1. The van der Waals surface area contributed by atoms with Crippen LogP contribution in [0.3, 0.4) is 0 Å². The van der Waals surface area contributed by atoms with E-state index in [1.165, 1.54) is 11.8 Å². The molecule has 1 unspecified atom stereocenters. The molecule has 4 N–H and O–H groups in total. The fourth-order valence-electron chi connectivity index (χ4n) is 4.39. The van der Waals surface area contributed by atoms with Crippen molar-refractivity contribution in [1.29, 1.82) is 0 Å². The molecular formula is C26H44N4O6. The largest absolute Gasteiger partial charge is 0.352 e. The van der Waals surface area contributed by atoms with Gasteiger partial charge in [-0.1, -0.05) is 34.1 Å². The summed E-state index contributed by atoms with van der Waals surface area (Å²) >= 11 is 0. The number of rotatable bonds is 17. The van der Waals surface area contributed by atoms with Crippen molar-refractivity contribution in [3.05, 3.63) is 0 Å². The zero-order valence-electron chi connectivity index (χ0n) is 22.4. The van der Waals surface area contributed by atoms with Crippen LogP contribution in [-0.4, -0.2) is 59.4 Å². The van der Waals surface area contributed by atoms with Crippen molar-refractivity contribution >= 4 is 35.3 Å². The monoisotopic (exact) mass is 508 g/mol. The Morgan fingerprint density at radius 1 is 1.03 bits per heavy atom. The van der Waals surface area contributed by atoms with Gasteiger partial charge in [-0.2, -0.15) is 0 Å². The molecule has 3 atom stereocenters. The van der Waals surface area contributed by atoms with E-state index < -0.39 is 18.0 Å². The summed E-state index contributed by atoms with van der Waals surface area (Å²) in [5, 5.41) is 5.21. The van der Waals surface area contributed by atoms with Crippen LogP contribution in [0.5, 0.6) is 0 Å². The third kappa shape index (κ3) is 10.5. The third-order valence-electron chi connectivity index (χ3n) is 6.79. The SMILES string of the molecule is CC(=O)[C@H](CCCNC(N)=O)NC(=O)[C@@H](CC(=O)CCCCCN1C(=O)CC(C(C)C)C1=O)C(C)C. The lowest BCUT2D eigenvalue weighted by Crippen LogP contribution is -2.45. The number of nitrogens with two attached hydrogens (primary N) is 1. The van der Waals surface area contributed by atoms with Crippen molar-refractivity contribution in [3.63, 3.8) is 0 Å². The summed E-state index contributed by atoms with van der Waals surface area (Å²) in [5.74, 6) is -1.47. The van der Waals surface area contributed by atoms with E-state index in [4.69, 9.17) is 5.73 Å². The summed E-state index contributed by atoms with van der Waals surface area (Å²) in [6, 6.07) is -1.33. The number of carbonyl (C=O) groups excluding carboxylic acids is 6. The molecule has 10 heteroatoms. The molecule has 1 aliphatic heterocycles. The minimum Gasteiger partial charge on any atom is -0.352 e. The van der Waals surface area contributed by atoms with Gasteiger partial charge in [0.2, 0.25) is 17.7 Å². The zero-order valence-corrected chi connectivity index (χ0v) is 22.4. The van der Waals surface area contributed by atoms with Gasteiger partial charge in [-0.15, -0.1) is 0 Å². The second kappa shape index (κ2) is 15.4. The molecule has 204 valence electrons. The number of urea groups is 1. The third-order valence-corrected chi connectivity index (χ3v) is 6.79. The molecular weight excluding hydrogens is 464 g/mol. The van der Waals surface area contributed by atoms with Crippen molar-refractivity contribution in [2.45, 2.75) is 92.0 Å². The Balaban J connectivity index is 2.45. The molecule has 0 aliphatic carbocycles. The van der Waals surface area contributed by atoms with Crippen LogP contribution in [0.15, 0.2) is 0 Å². The molecule has 1 heterocycles. The predicted molar refractivity (Wildman–Crippen MR) is 136 cm³/mol. The molecule has 1 saturated heterocycles. The van der Waals surface area contributed by atoms with Gasteiger partial charge in [-0.25, -0.2) is 4.79 Å². The normalized spacial score (nSPS) is 17.4. The molecule has 0 aromatic heterocycles. The number of carbonyl (C=O) groups is 6.